The van der Waals surface area contributed by atoms with Crippen LogP contribution in [0.4, 0.5) is 0 Å². The van der Waals surface area contributed by atoms with Crippen LogP contribution in [0.2, 0.25) is 0 Å². The Morgan fingerprint density at radius 3 is 1.27 bits per heavy atom. The molecule has 0 aliphatic carbocycles. The van der Waals surface area contributed by atoms with Gasteiger partial charge < -0.3 is 28.8 Å². The molecule has 6 heteroatoms. The predicted octanol–water partition coefficient (Wildman–Crippen LogP) is 6.68. The quantitative estimate of drug-likeness (QED) is 0.130. The average Bonchev–Trinajstić information content (AvgIpc) is 3.98. The Hall–Kier alpha value is -3.84. The van der Waals surface area contributed by atoms with Gasteiger partial charge in [0, 0.05) is 10.8 Å². The van der Waals surface area contributed by atoms with E-state index >= 15 is 0 Å². The number of aliphatic hydroxyl groups excluding tert-OH is 1. The average molecular weight is 595 g/mol. The van der Waals surface area contributed by atoms with Gasteiger partial charge in [-0.1, -0.05) is 74.5 Å². The molecule has 4 aromatic carbocycles. The minimum Gasteiger partial charge on any atom is -0.491 e. The smallest absolute Gasteiger partial charge is 0.119 e. The van der Waals surface area contributed by atoms with Crippen LogP contribution in [-0.2, 0) is 20.3 Å². The standard InChI is InChI=1S/C38H42O6/c1-26(39)21-40-32-17-11-30(12-18-32)38(4,31-13-19-34(20-14-31)42-23-36-25-44-36)29-7-5-27(6-8-29)37(2,3)28-9-15-33(16-10-28)41-22-35-24-43-35/h5-20,26,35-36,39H,21-25H2,1-4H3. The van der Waals surface area contributed by atoms with E-state index in [0.717, 1.165) is 41.6 Å². The van der Waals surface area contributed by atoms with Crippen molar-refractivity contribution in [1.82, 2.24) is 0 Å². The summed E-state index contributed by atoms with van der Waals surface area (Å²) >= 11 is 0. The largest absolute Gasteiger partial charge is 0.491 e. The first-order valence-electron chi connectivity index (χ1n) is 15.4. The van der Waals surface area contributed by atoms with Gasteiger partial charge in [-0.15, -0.1) is 0 Å². The fraction of sp³-hybridized carbons (Fsp3) is 0.368. The maximum Gasteiger partial charge on any atom is 0.119 e. The van der Waals surface area contributed by atoms with E-state index in [-0.39, 0.29) is 24.2 Å². The molecule has 2 heterocycles. The molecule has 0 amide bonds. The summed E-state index contributed by atoms with van der Waals surface area (Å²) in [5.74, 6) is 2.44. The number of hydrogen-bond acceptors (Lipinski definition) is 6. The van der Waals surface area contributed by atoms with Crippen LogP contribution in [-0.4, -0.2) is 56.5 Å². The van der Waals surface area contributed by atoms with Crippen LogP contribution in [0.15, 0.2) is 97.1 Å². The topological polar surface area (TPSA) is 73.0 Å². The summed E-state index contributed by atoms with van der Waals surface area (Å²) in [5, 5.41) is 9.64. The van der Waals surface area contributed by atoms with E-state index in [0.29, 0.717) is 13.2 Å². The van der Waals surface area contributed by atoms with Crippen molar-refractivity contribution in [3.8, 4) is 17.2 Å². The monoisotopic (exact) mass is 594 g/mol. The van der Waals surface area contributed by atoms with Gasteiger partial charge in [-0.05, 0) is 78.1 Å². The van der Waals surface area contributed by atoms with E-state index in [1.54, 1.807) is 6.92 Å². The van der Waals surface area contributed by atoms with Crippen molar-refractivity contribution in [2.24, 2.45) is 0 Å². The highest BCUT2D eigenvalue weighted by Crippen LogP contribution is 2.41. The third kappa shape index (κ3) is 6.94. The summed E-state index contributed by atoms with van der Waals surface area (Å²) in [5.41, 5.74) is 5.31. The summed E-state index contributed by atoms with van der Waals surface area (Å²) in [7, 11) is 0. The third-order valence-corrected chi connectivity index (χ3v) is 8.79. The van der Waals surface area contributed by atoms with Crippen molar-refractivity contribution in [2.75, 3.05) is 33.0 Å². The van der Waals surface area contributed by atoms with Crippen molar-refractivity contribution in [1.29, 1.82) is 0 Å². The van der Waals surface area contributed by atoms with E-state index in [2.05, 4.69) is 81.4 Å². The molecule has 6 nitrogen and oxygen atoms in total. The summed E-state index contributed by atoms with van der Waals surface area (Å²) in [6.07, 6.45) is -0.0695. The van der Waals surface area contributed by atoms with Gasteiger partial charge in [0.2, 0.25) is 0 Å². The third-order valence-electron chi connectivity index (χ3n) is 8.79. The first-order chi connectivity index (χ1) is 21.2. The Morgan fingerprint density at radius 1 is 0.591 bits per heavy atom. The van der Waals surface area contributed by atoms with Crippen molar-refractivity contribution in [2.45, 2.75) is 56.8 Å². The Balaban J connectivity index is 1.27. The molecule has 2 aliphatic heterocycles. The lowest BCUT2D eigenvalue weighted by molar-refractivity contribution is 0.122. The minimum atomic E-state index is -0.524. The lowest BCUT2D eigenvalue weighted by Crippen LogP contribution is -2.26. The molecule has 230 valence electrons. The van der Waals surface area contributed by atoms with Gasteiger partial charge in [0.25, 0.3) is 0 Å². The minimum absolute atomic E-state index is 0.194. The Bertz CT molecular complexity index is 1450. The molecule has 0 aromatic heterocycles. The maximum absolute atomic E-state index is 9.64. The molecule has 1 N–H and O–H groups in total. The molecule has 0 radical (unpaired) electrons. The van der Waals surface area contributed by atoms with E-state index in [9.17, 15) is 5.11 Å². The van der Waals surface area contributed by atoms with Crippen LogP contribution in [0.25, 0.3) is 0 Å². The fourth-order valence-electron chi connectivity index (χ4n) is 5.55. The summed E-state index contributed by atoms with van der Waals surface area (Å²) in [6.45, 7) is 11.5. The van der Waals surface area contributed by atoms with E-state index in [4.69, 9.17) is 23.7 Å². The molecule has 2 fully saturated rings. The molecule has 6 rings (SSSR count). The molecule has 4 aromatic rings. The highest BCUT2D eigenvalue weighted by Gasteiger charge is 2.33. The number of epoxide rings is 2. The lowest BCUT2D eigenvalue weighted by Gasteiger charge is -2.33. The Labute approximate surface area is 260 Å². The van der Waals surface area contributed by atoms with Gasteiger partial charge in [-0.3, -0.25) is 0 Å². The van der Waals surface area contributed by atoms with E-state index in [1.165, 1.54) is 16.7 Å². The highest BCUT2D eigenvalue weighted by molar-refractivity contribution is 5.52. The molecular weight excluding hydrogens is 552 g/mol. The second kappa shape index (κ2) is 12.6. The first kappa shape index (κ1) is 30.2. The molecule has 44 heavy (non-hydrogen) atoms. The Kier molecular flexibility index (Phi) is 8.68. The van der Waals surface area contributed by atoms with Gasteiger partial charge >= 0.3 is 0 Å². The van der Waals surface area contributed by atoms with Gasteiger partial charge in [-0.2, -0.15) is 0 Å². The van der Waals surface area contributed by atoms with Crippen LogP contribution in [0, 0.1) is 0 Å². The maximum atomic E-state index is 9.64. The number of aliphatic hydroxyl groups is 1. The van der Waals surface area contributed by atoms with Crippen LogP contribution < -0.4 is 14.2 Å². The van der Waals surface area contributed by atoms with Crippen molar-refractivity contribution in [3.05, 3.63) is 125 Å². The zero-order valence-electron chi connectivity index (χ0n) is 26.0. The van der Waals surface area contributed by atoms with Gasteiger partial charge in [0.05, 0.1) is 19.3 Å². The van der Waals surface area contributed by atoms with Crippen LogP contribution in [0.3, 0.4) is 0 Å². The summed E-state index contributed by atoms with van der Waals surface area (Å²) in [4.78, 5) is 0. The lowest BCUT2D eigenvalue weighted by atomic mass is 9.70. The van der Waals surface area contributed by atoms with Crippen LogP contribution >= 0.6 is 0 Å². The normalized spacial score (nSPS) is 19.5. The summed E-state index contributed by atoms with van der Waals surface area (Å²) in [6, 6.07) is 34.0. The fourth-order valence-corrected chi connectivity index (χ4v) is 5.55. The molecule has 0 spiro atoms. The number of benzene rings is 4. The van der Waals surface area contributed by atoms with Crippen molar-refractivity contribution < 1.29 is 28.8 Å². The molecular formula is C38H42O6. The second-order valence-corrected chi connectivity index (χ2v) is 12.6. The zero-order valence-corrected chi connectivity index (χ0v) is 26.0. The van der Waals surface area contributed by atoms with Gasteiger partial charge in [-0.25, -0.2) is 0 Å². The molecule has 0 saturated carbocycles. The first-order valence-corrected chi connectivity index (χ1v) is 15.4. The summed E-state index contributed by atoms with van der Waals surface area (Å²) < 4.78 is 28.1. The molecule has 2 aliphatic rings. The zero-order chi connectivity index (χ0) is 30.7. The number of ether oxygens (including phenoxy) is 5. The van der Waals surface area contributed by atoms with Crippen molar-refractivity contribution >= 4 is 0 Å². The van der Waals surface area contributed by atoms with E-state index < -0.39 is 11.5 Å². The Morgan fingerprint density at radius 2 is 0.909 bits per heavy atom. The molecule has 2 saturated heterocycles. The van der Waals surface area contributed by atoms with Gasteiger partial charge in [0.1, 0.15) is 49.3 Å². The second-order valence-electron chi connectivity index (χ2n) is 12.6. The van der Waals surface area contributed by atoms with Crippen LogP contribution in [0.1, 0.15) is 55.5 Å². The SMILES string of the molecule is CC(O)COc1ccc(C(C)(c2ccc(OCC3CO3)cc2)c2ccc(C(C)(C)c3ccc(OCC4CO4)cc3)cc2)cc1. The highest BCUT2D eigenvalue weighted by atomic mass is 16.6. The van der Waals surface area contributed by atoms with E-state index in [1.807, 2.05) is 36.4 Å². The number of hydrogen-bond donors (Lipinski definition) is 1. The van der Waals surface area contributed by atoms with Crippen molar-refractivity contribution in [3.63, 3.8) is 0 Å². The predicted molar refractivity (Wildman–Crippen MR) is 171 cm³/mol. The number of rotatable bonds is 14. The molecule has 0 bridgehead atoms. The van der Waals surface area contributed by atoms with Crippen LogP contribution in [0.5, 0.6) is 17.2 Å². The molecule has 4 atom stereocenters. The van der Waals surface area contributed by atoms with Gasteiger partial charge in [0.15, 0.2) is 0 Å². The molecule has 4 unspecified atom stereocenters.